The lowest BCUT2D eigenvalue weighted by Crippen LogP contribution is -2.42. The number of rotatable bonds is 4. The molecular formula is C19H26N2O5S. The van der Waals surface area contributed by atoms with Crippen LogP contribution >= 0.6 is 0 Å². The second-order valence-corrected chi connectivity index (χ2v) is 9.16. The van der Waals surface area contributed by atoms with E-state index in [1.54, 1.807) is 30.0 Å². The molecule has 1 aromatic carbocycles. The molecule has 0 aromatic heterocycles. The molecule has 0 saturated carbocycles. The van der Waals surface area contributed by atoms with Crippen molar-refractivity contribution in [3.8, 4) is 0 Å². The van der Waals surface area contributed by atoms with Crippen LogP contribution in [0, 0.1) is 5.92 Å². The van der Waals surface area contributed by atoms with Gasteiger partial charge in [-0.2, -0.15) is 0 Å². The average Bonchev–Trinajstić information content (AvgIpc) is 2.96. The van der Waals surface area contributed by atoms with E-state index in [9.17, 15) is 18.0 Å². The lowest BCUT2D eigenvalue weighted by atomic mass is 9.97. The molecule has 0 N–H and O–H groups in total. The number of carbonyl (C=O) groups excluding carboxylic acids is 2. The van der Waals surface area contributed by atoms with Gasteiger partial charge in [-0.3, -0.25) is 13.9 Å². The van der Waals surface area contributed by atoms with E-state index < -0.39 is 10.0 Å². The smallest absolute Gasteiger partial charge is 0.310 e. The van der Waals surface area contributed by atoms with Crippen LogP contribution in [0.4, 0.5) is 5.69 Å². The molecule has 1 saturated heterocycles. The highest BCUT2D eigenvalue weighted by atomic mass is 32.2. The van der Waals surface area contributed by atoms with Crippen molar-refractivity contribution in [1.82, 2.24) is 4.90 Å². The summed E-state index contributed by atoms with van der Waals surface area (Å²) in [6.07, 6.45) is 3.27. The van der Waals surface area contributed by atoms with E-state index >= 15 is 0 Å². The van der Waals surface area contributed by atoms with Crippen molar-refractivity contribution < 1.29 is 22.7 Å². The van der Waals surface area contributed by atoms with Gasteiger partial charge in [0, 0.05) is 24.7 Å². The van der Waals surface area contributed by atoms with Gasteiger partial charge < -0.3 is 9.64 Å². The fourth-order valence-electron chi connectivity index (χ4n) is 4.04. The summed E-state index contributed by atoms with van der Waals surface area (Å²) in [7, 11) is -3.35. The maximum Gasteiger partial charge on any atom is 0.310 e. The number of carbonyl (C=O) groups is 2. The van der Waals surface area contributed by atoms with Gasteiger partial charge in [0.1, 0.15) is 0 Å². The van der Waals surface area contributed by atoms with Crippen molar-refractivity contribution in [3.63, 3.8) is 0 Å². The zero-order valence-corrected chi connectivity index (χ0v) is 16.8. The Bertz CT molecular complexity index is 852. The third-order valence-corrected chi connectivity index (χ3v) is 6.44. The number of hydrogen-bond acceptors (Lipinski definition) is 5. The number of benzene rings is 1. The Kier molecular flexibility index (Phi) is 5.46. The molecule has 27 heavy (non-hydrogen) atoms. The summed E-state index contributed by atoms with van der Waals surface area (Å²) in [4.78, 5) is 26.6. The molecule has 2 heterocycles. The van der Waals surface area contributed by atoms with Crippen molar-refractivity contribution in [1.29, 1.82) is 0 Å². The van der Waals surface area contributed by atoms with E-state index in [1.807, 2.05) is 6.92 Å². The Labute approximate surface area is 160 Å². The number of amides is 1. The Balaban J connectivity index is 1.79. The first-order valence-electron chi connectivity index (χ1n) is 9.30. The van der Waals surface area contributed by atoms with Gasteiger partial charge in [0.05, 0.1) is 24.5 Å². The quantitative estimate of drug-likeness (QED) is 0.728. The molecule has 2 atom stereocenters. The topological polar surface area (TPSA) is 84.0 Å². The summed E-state index contributed by atoms with van der Waals surface area (Å²) in [5.41, 5.74) is 2.03. The molecule has 1 fully saturated rings. The van der Waals surface area contributed by atoms with Crippen molar-refractivity contribution in [2.45, 2.75) is 39.2 Å². The van der Waals surface area contributed by atoms with Crippen LogP contribution < -0.4 is 4.31 Å². The number of piperidine rings is 1. The predicted octanol–water partition coefficient (Wildman–Crippen LogP) is 1.81. The molecule has 0 bridgehead atoms. The largest absolute Gasteiger partial charge is 0.466 e. The van der Waals surface area contributed by atoms with Crippen LogP contribution in [0.25, 0.3) is 0 Å². The lowest BCUT2D eigenvalue weighted by molar-refractivity contribution is -0.149. The molecular weight excluding hydrogens is 368 g/mol. The predicted molar refractivity (Wildman–Crippen MR) is 102 cm³/mol. The van der Waals surface area contributed by atoms with E-state index in [2.05, 4.69) is 0 Å². The van der Waals surface area contributed by atoms with E-state index in [0.29, 0.717) is 37.4 Å². The average molecular weight is 394 g/mol. The number of anilines is 1. The Hall–Kier alpha value is -2.09. The maximum atomic E-state index is 12.9. The molecule has 7 nitrogen and oxygen atoms in total. The van der Waals surface area contributed by atoms with Gasteiger partial charge in [-0.05, 0) is 56.9 Å². The highest BCUT2D eigenvalue weighted by molar-refractivity contribution is 7.92. The van der Waals surface area contributed by atoms with Gasteiger partial charge in [0.2, 0.25) is 10.0 Å². The lowest BCUT2D eigenvalue weighted by Gasteiger charge is -2.31. The Morgan fingerprint density at radius 2 is 2.04 bits per heavy atom. The SMILES string of the molecule is CCOC(=O)C1CCCN(C(=O)c2ccc3c(c2)CC(C)N3S(C)(=O)=O)C1. The second kappa shape index (κ2) is 7.50. The minimum absolute atomic E-state index is 0.128. The Morgan fingerprint density at radius 3 is 2.70 bits per heavy atom. The number of hydrogen-bond donors (Lipinski definition) is 0. The van der Waals surface area contributed by atoms with Gasteiger partial charge in [-0.15, -0.1) is 0 Å². The zero-order valence-electron chi connectivity index (χ0n) is 16.0. The molecule has 3 rings (SSSR count). The summed E-state index contributed by atoms with van der Waals surface area (Å²) in [5.74, 6) is -0.656. The van der Waals surface area contributed by atoms with Gasteiger partial charge in [-0.1, -0.05) is 0 Å². The van der Waals surface area contributed by atoms with Crippen molar-refractivity contribution >= 4 is 27.6 Å². The fourth-order valence-corrected chi connectivity index (χ4v) is 5.30. The fraction of sp³-hybridized carbons (Fsp3) is 0.579. The minimum atomic E-state index is -3.35. The standard InChI is InChI=1S/C19H26N2O5S/c1-4-26-19(23)15-6-5-9-20(12-15)18(22)14-7-8-17-16(11-14)10-13(2)21(17)27(3,24)25/h7-8,11,13,15H,4-6,9-10,12H2,1-3H3. The number of fused-ring (bicyclic) bond motifs is 1. The van der Waals surface area contributed by atoms with Crippen LogP contribution in [0.1, 0.15) is 42.6 Å². The summed E-state index contributed by atoms with van der Waals surface area (Å²) >= 11 is 0. The molecule has 1 amide bonds. The first-order valence-corrected chi connectivity index (χ1v) is 11.2. The van der Waals surface area contributed by atoms with Crippen LogP contribution in [0.2, 0.25) is 0 Å². The van der Waals surface area contributed by atoms with E-state index in [-0.39, 0.29) is 23.8 Å². The first kappa shape index (κ1) is 19.7. The van der Waals surface area contributed by atoms with Crippen LogP contribution in [-0.4, -0.2) is 57.2 Å². The number of esters is 1. The molecule has 2 unspecified atom stereocenters. The van der Waals surface area contributed by atoms with Gasteiger partial charge in [0.15, 0.2) is 0 Å². The highest BCUT2D eigenvalue weighted by Crippen LogP contribution is 2.35. The van der Waals surface area contributed by atoms with Crippen molar-refractivity contribution in [3.05, 3.63) is 29.3 Å². The zero-order chi connectivity index (χ0) is 19.8. The van der Waals surface area contributed by atoms with Gasteiger partial charge in [-0.25, -0.2) is 8.42 Å². The maximum absolute atomic E-state index is 12.9. The molecule has 2 aliphatic heterocycles. The van der Waals surface area contributed by atoms with Crippen molar-refractivity contribution in [2.75, 3.05) is 30.3 Å². The number of sulfonamides is 1. The third-order valence-electron chi connectivity index (χ3n) is 5.17. The first-order chi connectivity index (χ1) is 12.7. The van der Waals surface area contributed by atoms with E-state index in [0.717, 1.165) is 18.4 Å². The second-order valence-electron chi connectivity index (χ2n) is 7.30. The molecule has 8 heteroatoms. The van der Waals surface area contributed by atoms with Crippen LogP contribution in [0.3, 0.4) is 0 Å². The molecule has 0 spiro atoms. The summed E-state index contributed by atoms with van der Waals surface area (Å²) in [5, 5.41) is 0. The monoisotopic (exact) mass is 394 g/mol. The van der Waals surface area contributed by atoms with Gasteiger partial charge in [0.25, 0.3) is 5.91 Å². The minimum Gasteiger partial charge on any atom is -0.466 e. The molecule has 148 valence electrons. The van der Waals surface area contributed by atoms with E-state index in [1.165, 1.54) is 10.6 Å². The highest BCUT2D eigenvalue weighted by Gasteiger charge is 2.34. The Morgan fingerprint density at radius 1 is 1.30 bits per heavy atom. The van der Waals surface area contributed by atoms with E-state index in [4.69, 9.17) is 4.74 Å². The number of likely N-dealkylation sites (tertiary alicyclic amines) is 1. The summed E-state index contributed by atoms with van der Waals surface area (Å²) in [6.45, 7) is 4.94. The number of nitrogens with zero attached hydrogens (tertiary/aromatic N) is 2. The molecule has 1 aromatic rings. The van der Waals surface area contributed by atoms with Gasteiger partial charge >= 0.3 is 5.97 Å². The molecule has 0 radical (unpaired) electrons. The van der Waals surface area contributed by atoms with Crippen LogP contribution in [0.15, 0.2) is 18.2 Å². The third kappa shape index (κ3) is 3.95. The van der Waals surface area contributed by atoms with Crippen LogP contribution in [0.5, 0.6) is 0 Å². The van der Waals surface area contributed by atoms with Crippen LogP contribution in [-0.2, 0) is 26.0 Å². The molecule has 0 aliphatic carbocycles. The van der Waals surface area contributed by atoms with Crippen molar-refractivity contribution in [2.24, 2.45) is 5.92 Å². The normalized spacial score (nSPS) is 22.5. The summed E-state index contributed by atoms with van der Waals surface area (Å²) < 4.78 is 30.6. The summed E-state index contributed by atoms with van der Waals surface area (Å²) in [6, 6.07) is 5.00. The molecule has 2 aliphatic rings. The number of ether oxygens (including phenoxy) is 1.